The van der Waals surface area contributed by atoms with Gasteiger partial charge in [0.2, 0.25) is 0 Å². The van der Waals surface area contributed by atoms with E-state index >= 15 is 0 Å². The molecule has 1 aromatic rings. The Bertz CT molecular complexity index is 583. The maximum Gasteiger partial charge on any atom is 0.337 e. The molecular formula is C13H11NO5S. The van der Waals surface area contributed by atoms with E-state index in [0.29, 0.717) is 12.2 Å². The van der Waals surface area contributed by atoms with Crippen LogP contribution < -0.4 is 0 Å². The van der Waals surface area contributed by atoms with E-state index in [4.69, 9.17) is 5.11 Å². The molecule has 20 heavy (non-hydrogen) atoms. The molecule has 0 aliphatic rings. The van der Waals surface area contributed by atoms with Crippen LogP contribution in [0.1, 0.15) is 29.3 Å². The molecule has 0 radical (unpaired) electrons. The van der Waals surface area contributed by atoms with Crippen LogP contribution in [0.4, 0.5) is 5.69 Å². The van der Waals surface area contributed by atoms with Crippen LogP contribution in [-0.4, -0.2) is 26.9 Å². The van der Waals surface area contributed by atoms with Crippen molar-refractivity contribution >= 4 is 28.5 Å². The summed E-state index contributed by atoms with van der Waals surface area (Å²) in [6, 6.07) is 3.78. The van der Waals surface area contributed by atoms with Gasteiger partial charge in [-0.05, 0) is 6.07 Å². The van der Waals surface area contributed by atoms with Gasteiger partial charge in [-0.2, -0.15) is 0 Å². The molecule has 0 heterocycles. The fourth-order valence-electron chi connectivity index (χ4n) is 1.40. The Morgan fingerprint density at radius 3 is 2.70 bits per heavy atom. The molecule has 7 heteroatoms. The molecule has 104 valence electrons. The molecule has 0 aliphatic carbocycles. The molecule has 6 nitrogen and oxygen atoms in total. The summed E-state index contributed by atoms with van der Waals surface area (Å²) < 4.78 is 0. The Morgan fingerprint density at radius 2 is 2.15 bits per heavy atom. The third-order valence-electron chi connectivity index (χ3n) is 2.22. The van der Waals surface area contributed by atoms with Crippen molar-refractivity contribution in [2.75, 3.05) is 5.75 Å². The predicted molar refractivity (Wildman–Crippen MR) is 74.7 cm³/mol. The molecule has 0 saturated carbocycles. The average molecular weight is 293 g/mol. The number of hydrogen-bond donors (Lipinski definition) is 1. The number of hydrogen-bond acceptors (Lipinski definition) is 5. The number of aromatic carboxylic acids is 1. The largest absolute Gasteiger partial charge is 0.478 e. The number of benzene rings is 1. The Labute approximate surface area is 119 Å². The van der Waals surface area contributed by atoms with E-state index in [9.17, 15) is 19.7 Å². The maximum absolute atomic E-state index is 11.0. The van der Waals surface area contributed by atoms with Crippen LogP contribution in [0.2, 0.25) is 0 Å². The van der Waals surface area contributed by atoms with E-state index in [2.05, 4.69) is 11.8 Å². The Kier molecular flexibility index (Phi) is 5.74. The van der Waals surface area contributed by atoms with Crippen LogP contribution in [0.15, 0.2) is 18.2 Å². The van der Waals surface area contributed by atoms with Gasteiger partial charge in [0, 0.05) is 25.2 Å². The van der Waals surface area contributed by atoms with Crippen LogP contribution in [0.5, 0.6) is 0 Å². The van der Waals surface area contributed by atoms with Gasteiger partial charge >= 0.3 is 5.97 Å². The third kappa shape index (κ3) is 4.40. The molecular weight excluding hydrogens is 282 g/mol. The minimum absolute atomic E-state index is 0.0382. The lowest BCUT2D eigenvalue weighted by molar-refractivity contribution is -0.385. The van der Waals surface area contributed by atoms with Crippen molar-refractivity contribution in [1.82, 2.24) is 0 Å². The Morgan fingerprint density at radius 1 is 1.45 bits per heavy atom. The average Bonchev–Trinajstić information content (AvgIpc) is 2.37. The zero-order chi connectivity index (χ0) is 15.1. The van der Waals surface area contributed by atoms with Crippen molar-refractivity contribution in [3.05, 3.63) is 39.4 Å². The van der Waals surface area contributed by atoms with E-state index < -0.39 is 10.9 Å². The summed E-state index contributed by atoms with van der Waals surface area (Å²) in [5, 5.41) is 19.8. The highest BCUT2D eigenvalue weighted by Crippen LogP contribution is 2.21. The van der Waals surface area contributed by atoms with Gasteiger partial charge in [0.15, 0.2) is 5.12 Å². The molecule has 1 rings (SSSR count). The van der Waals surface area contributed by atoms with Gasteiger partial charge in [-0.3, -0.25) is 14.9 Å². The Hall–Kier alpha value is -2.33. The quantitative estimate of drug-likeness (QED) is 0.396. The summed E-state index contributed by atoms with van der Waals surface area (Å²) in [4.78, 5) is 32.0. The topological polar surface area (TPSA) is 97.5 Å². The van der Waals surface area contributed by atoms with E-state index in [-0.39, 0.29) is 21.9 Å². The number of carbonyl (C=O) groups is 2. The minimum atomic E-state index is -1.27. The van der Waals surface area contributed by atoms with E-state index in [1.165, 1.54) is 25.1 Å². The van der Waals surface area contributed by atoms with Crippen LogP contribution >= 0.6 is 11.8 Å². The van der Waals surface area contributed by atoms with Gasteiger partial charge in [-0.15, -0.1) is 0 Å². The Balaban J connectivity index is 3.03. The van der Waals surface area contributed by atoms with Gasteiger partial charge < -0.3 is 5.11 Å². The highest BCUT2D eigenvalue weighted by Gasteiger charge is 2.19. The second-order valence-corrected chi connectivity index (χ2v) is 4.93. The predicted octanol–water partition coefficient (Wildman–Crippen LogP) is 2.31. The van der Waals surface area contributed by atoms with Crippen molar-refractivity contribution in [3.8, 4) is 11.8 Å². The van der Waals surface area contributed by atoms with Crippen molar-refractivity contribution in [3.63, 3.8) is 0 Å². The number of nitro groups is 1. The summed E-state index contributed by atoms with van der Waals surface area (Å²) in [6.45, 7) is 1.43. The number of carboxylic acid groups (broad SMARTS) is 1. The number of nitro benzene ring substituents is 1. The number of rotatable bonds is 4. The van der Waals surface area contributed by atoms with Crippen LogP contribution in [0.3, 0.4) is 0 Å². The first kappa shape index (κ1) is 15.7. The number of nitrogens with zero attached hydrogens (tertiary/aromatic N) is 1. The first-order valence-electron chi connectivity index (χ1n) is 5.56. The minimum Gasteiger partial charge on any atom is -0.478 e. The molecule has 0 atom stereocenters. The molecule has 0 unspecified atom stereocenters. The lowest BCUT2D eigenvalue weighted by atomic mass is 10.1. The molecule has 0 aliphatic heterocycles. The normalized spacial score (nSPS) is 9.45. The molecule has 0 spiro atoms. The van der Waals surface area contributed by atoms with Crippen molar-refractivity contribution in [2.24, 2.45) is 0 Å². The lowest BCUT2D eigenvalue weighted by Gasteiger charge is -2.00. The zero-order valence-corrected chi connectivity index (χ0v) is 11.4. The lowest BCUT2D eigenvalue weighted by Crippen LogP contribution is -2.03. The summed E-state index contributed by atoms with van der Waals surface area (Å²) >= 11 is 1.10. The third-order valence-corrected chi connectivity index (χ3v) is 3.03. The number of thioether (sulfide) groups is 1. The first-order chi connectivity index (χ1) is 9.43. The standard InChI is InChI=1S/C13H11NO5S/c1-9(15)20-8-3-2-5-10-11(13(16)17)6-4-7-12(10)14(18)19/h4,6-7H,3,8H2,1H3,(H,16,17). The van der Waals surface area contributed by atoms with Gasteiger partial charge in [-0.25, -0.2) is 4.79 Å². The molecule has 0 aromatic heterocycles. The van der Waals surface area contributed by atoms with Crippen molar-refractivity contribution in [1.29, 1.82) is 0 Å². The molecule has 0 bridgehead atoms. The SMILES string of the molecule is CC(=O)SCCC#Cc1c(C(=O)O)cccc1[N+](=O)[O-]. The van der Waals surface area contributed by atoms with Gasteiger partial charge in [0.25, 0.3) is 5.69 Å². The molecule has 1 aromatic carbocycles. The maximum atomic E-state index is 11.0. The fraction of sp³-hybridized carbons (Fsp3) is 0.231. The molecule has 0 saturated heterocycles. The molecule has 0 fully saturated rings. The summed E-state index contributed by atoms with van der Waals surface area (Å²) in [6.07, 6.45) is 0.343. The van der Waals surface area contributed by atoms with E-state index in [1.54, 1.807) is 0 Å². The first-order valence-corrected chi connectivity index (χ1v) is 6.55. The fourth-order valence-corrected chi connectivity index (χ4v) is 1.89. The van der Waals surface area contributed by atoms with Crippen molar-refractivity contribution < 1.29 is 19.6 Å². The summed E-state index contributed by atoms with van der Waals surface area (Å²) in [5.41, 5.74) is -0.652. The van der Waals surface area contributed by atoms with E-state index in [1.807, 2.05) is 0 Å². The second-order valence-electron chi connectivity index (χ2n) is 3.65. The molecule has 1 N–H and O–H groups in total. The highest BCUT2D eigenvalue weighted by atomic mass is 32.2. The van der Waals surface area contributed by atoms with Crippen LogP contribution in [0, 0.1) is 22.0 Å². The smallest absolute Gasteiger partial charge is 0.337 e. The van der Waals surface area contributed by atoms with Gasteiger partial charge in [0.1, 0.15) is 5.56 Å². The van der Waals surface area contributed by atoms with E-state index in [0.717, 1.165) is 11.8 Å². The van der Waals surface area contributed by atoms with Crippen LogP contribution in [-0.2, 0) is 4.79 Å². The second kappa shape index (κ2) is 7.31. The summed E-state index contributed by atoms with van der Waals surface area (Å²) in [7, 11) is 0. The van der Waals surface area contributed by atoms with Gasteiger partial charge in [-0.1, -0.05) is 29.7 Å². The number of carbonyl (C=O) groups excluding carboxylic acids is 1. The number of carboxylic acids is 1. The molecule has 0 amide bonds. The zero-order valence-electron chi connectivity index (χ0n) is 10.6. The van der Waals surface area contributed by atoms with Crippen molar-refractivity contribution in [2.45, 2.75) is 13.3 Å². The summed E-state index contributed by atoms with van der Waals surface area (Å²) in [5.74, 6) is 4.37. The highest BCUT2D eigenvalue weighted by molar-refractivity contribution is 8.13. The van der Waals surface area contributed by atoms with Gasteiger partial charge in [0.05, 0.1) is 10.5 Å². The monoisotopic (exact) mass is 293 g/mol. The van der Waals surface area contributed by atoms with Crippen LogP contribution in [0.25, 0.3) is 0 Å².